The average molecular weight is 394 g/mol. The van der Waals surface area contributed by atoms with Crippen molar-refractivity contribution in [2.45, 2.75) is 32.0 Å². The molecule has 0 bridgehead atoms. The summed E-state index contributed by atoms with van der Waals surface area (Å²) in [5.74, 6) is -1.18. The summed E-state index contributed by atoms with van der Waals surface area (Å²) in [4.78, 5) is 36.4. The number of hydrogen-bond acceptors (Lipinski definition) is 6. The van der Waals surface area contributed by atoms with Crippen molar-refractivity contribution < 1.29 is 33.7 Å². The highest BCUT2D eigenvalue weighted by molar-refractivity contribution is 5.77. The fourth-order valence-electron chi connectivity index (χ4n) is 2.59. The summed E-state index contributed by atoms with van der Waals surface area (Å²) in [6, 6.07) is 9.32. The minimum atomic E-state index is -1.21. The first kappa shape index (κ1) is 21.5. The standard InChI is InChI=1S/C19H26N2O7/c22-17(23)16(28-19(25)21-10-12-26-13-11-21)8-4-5-9-20-18(24)27-14-15-6-2-1-3-7-15/h1-3,6-7,16H,4-5,8-14H2,(H,20,24)(H,22,23). The van der Waals surface area contributed by atoms with Gasteiger partial charge in [0.1, 0.15) is 6.61 Å². The number of carboxylic acid groups (broad SMARTS) is 1. The smallest absolute Gasteiger partial charge is 0.410 e. The zero-order valence-corrected chi connectivity index (χ0v) is 15.7. The van der Waals surface area contributed by atoms with E-state index in [9.17, 15) is 19.5 Å². The fraction of sp³-hybridized carbons (Fsp3) is 0.526. The highest BCUT2D eigenvalue weighted by Crippen LogP contribution is 2.09. The lowest BCUT2D eigenvalue weighted by molar-refractivity contribution is -0.148. The van der Waals surface area contributed by atoms with E-state index in [-0.39, 0.29) is 13.0 Å². The van der Waals surface area contributed by atoms with E-state index in [2.05, 4.69) is 5.32 Å². The molecule has 9 nitrogen and oxygen atoms in total. The van der Waals surface area contributed by atoms with Gasteiger partial charge in [0.25, 0.3) is 0 Å². The van der Waals surface area contributed by atoms with Crippen LogP contribution in [0.3, 0.4) is 0 Å². The molecule has 1 aromatic carbocycles. The van der Waals surface area contributed by atoms with Gasteiger partial charge in [0.15, 0.2) is 0 Å². The Kier molecular flexibility index (Phi) is 9.06. The Morgan fingerprint density at radius 3 is 2.54 bits per heavy atom. The molecule has 1 aliphatic rings. The number of aliphatic carboxylic acids is 1. The van der Waals surface area contributed by atoms with Crippen LogP contribution in [-0.4, -0.2) is 67.1 Å². The number of nitrogens with one attached hydrogen (secondary N) is 1. The molecule has 1 saturated heterocycles. The predicted octanol–water partition coefficient (Wildman–Crippen LogP) is 2.01. The Bertz CT molecular complexity index is 632. The molecule has 1 aliphatic heterocycles. The molecule has 1 atom stereocenters. The van der Waals surface area contributed by atoms with Crippen LogP contribution >= 0.6 is 0 Å². The van der Waals surface area contributed by atoms with Crippen molar-refractivity contribution in [1.29, 1.82) is 0 Å². The van der Waals surface area contributed by atoms with Crippen LogP contribution in [0.25, 0.3) is 0 Å². The van der Waals surface area contributed by atoms with Gasteiger partial charge in [-0.2, -0.15) is 0 Å². The van der Waals surface area contributed by atoms with E-state index in [1.807, 2.05) is 30.3 Å². The molecular weight excluding hydrogens is 368 g/mol. The number of amides is 2. The fourth-order valence-corrected chi connectivity index (χ4v) is 2.59. The van der Waals surface area contributed by atoms with Gasteiger partial charge in [0.05, 0.1) is 13.2 Å². The van der Waals surface area contributed by atoms with Crippen LogP contribution in [0.4, 0.5) is 9.59 Å². The van der Waals surface area contributed by atoms with Gasteiger partial charge in [-0.05, 0) is 24.8 Å². The monoisotopic (exact) mass is 394 g/mol. The molecule has 2 N–H and O–H groups in total. The van der Waals surface area contributed by atoms with Gasteiger partial charge in [-0.15, -0.1) is 0 Å². The first-order chi connectivity index (χ1) is 13.6. The molecule has 1 fully saturated rings. The second-order valence-corrected chi connectivity index (χ2v) is 6.29. The zero-order valence-electron chi connectivity index (χ0n) is 15.7. The van der Waals surface area contributed by atoms with Crippen LogP contribution in [0.1, 0.15) is 24.8 Å². The summed E-state index contributed by atoms with van der Waals surface area (Å²) in [5.41, 5.74) is 0.893. The minimum absolute atomic E-state index is 0.173. The topological polar surface area (TPSA) is 114 Å². The van der Waals surface area contributed by atoms with Crippen LogP contribution in [0.5, 0.6) is 0 Å². The van der Waals surface area contributed by atoms with Crippen LogP contribution in [0.15, 0.2) is 30.3 Å². The van der Waals surface area contributed by atoms with Crippen LogP contribution < -0.4 is 5.32 Å². The maximum Gasteiger partial charge on any atom is 0.410 e. The summed E-state index contributed by atoms with van der Waals surface area (Å²) < 4.78 is 15.3. The number of rotatable bonds is 9. The van der Waals surface area contributed by atoms with Gasteiger partial charge in [-0.25, -0.2) is 14.4 Å². The number of carbonyl (C=O) groups is 3. The number of carbonyl (C=O) groups excluding carboxylic acids is 2. The van der Waals surface area contributed by atoms with Gasteiger partial charge in [0, 0.05) is 19.6 Å². The van der Waals surface area contributed by atoms with Crippen LogP contribution in [0, 0.1) is 0 Å². The molecule has 0 aromatic heterocycles. The van der Waals surface area contributed by atoms with Crippen molar-refractivity contribution in [3.8, 4) is 0 Å². The van der Waals surface area contributed by atoms with E-state index in [0.717, 1.165) is 5.56 Å². The molecule has 28 heavy (non-hydrogen) atoms. The van der Waals surface area contributed by atoms with Gasteiger partial charge in [0.2, 0.25) is 6.10 Å². The van der Waals surface area contributed by atoms with Crippen molar-refractivity contribution in [3.05, 3.63) is 35.9 Å². The molecule has 0 saturated carbocycles. The van der Waals surface area contributed by atoms with Gasteiger partial charge < -0.3 is 29.5 Å². The molecule has 9 heteroatoms. The second kappa shape index (κ2) is 11.8. The van der Waals surface area contributed by atoms with Crippen molar-refractivity contribution in [2.75, 3.05) is 32.8 Å². The zero-order chi connectivity index (χ0) is 20.2. The Labute approximate surface area is 163 Å². The molecule has 154 valence electrons. The molecule has 1 unspecified atom stereocenters. The molecule has 1 heterocycles. The van der Waals surface area contributed by atoms with Crippen molar-refractivity contribution in [1.82, 2.24) is 10.2 Å². The predicted molar refractivity (Wildman–Crippen MR) is 98.8 cm³/mol. The molecule has 2 rings (SSSR count). The lowest BCUT2D eigenvalue weighted by Crippen LogP contribution is -2.43. The van der Waals surface area contributed by atoms with Gasteiger partial charge in [-0.1, -0.05) is 30.3 Å². The highest BCUT2D eigenvalue weighted by Gasteiger charge is 2.26. The van der Waals surface area contributed by atoms with E-state index in [1.54, 1.807) is 0 Å². The number of unbranched alkanes of at least 4 members (excludes halogenated alkanes) is 1. The number of alkyl carbamates (subject to hydrolysis) is 1. The second-order valence-electron chi connectivity index (χ2n) is 6.29. The molecule has 0 radical (unpaired) electrons. The van der Waals surface area contributed by atoms with E-state index in [1.165, 1.54) is 4.90 Å². The first-order valence-electron chi connectivity index (χ1n) is 9.27. The molecular formula is C19H26N2O7. The van der Waals surface area contributed by atoms with Crippen LogP contribution in [0.2, 0.25) is 0 Å². The summed E-state index contributed by atoms with van der Waals surface area (Å²) in [7, 11) is 0. The third kappa shape index (κ3) is 7.83. The highest BCUT2D eigenvalue weighted by atomic mass is 16.6. The number of morpholine rings is 1. The van der Waals surface area contributed by atoms with Crippen LogP contribution in [-0.2, 0) is 25.6 Å². The van der Waals surface area contributed by atoms with Crippen molar-refractivity contribution in [3.63, 3.8) is 0 Å². The van der Waals surface area contributed by atoms with E-state index >= 15 is 0 Å². The summed E-state index contributed by atoms with van der Waals surface area (Å²) >= 11 is 0. The Balaban J connectivity index is 1.59. The maximum atomic E-state index is 12.0. The molecule has 0 aliphatic carbocycles. The lowest BCUT2D eigenvalue weighted by Gasteiger charge is -2.27. The summed E-state index contributed by atoms with van der Waals surface area (Å²) in [6.07, 6.45) is -1.19. The number of carboxylic acids is 1. The quantitative estimate of drug-likeness (QED) is 0.616. The Hall–Kier alpha value is -2.81. The van der Waals surface area contributed by atoms with Gasteiger partial charge in [-0.3, -0.25) is 0 Å². The van der Waals surface area contributed by atoms with Gasteiger partial charge >= 0.3 is 18.2 Å². The number of ether oxygens (including phenoxy) is 3. The van der Waals surface area contributed by atoms with E-state index < -0.39 is 24.3 Å². The lowest BCUT2D eigenvalue weighted by atomic mass is 10.1. The number of nitrogens with zero attached hydrogens (tertiary/aromatic N) is 1. The molecule has 0 spiro atoms. The Morgan fingerprint density at radius 2 is 1.86 bits per heavy atom. The van der Waals surface area contributed by atoms with Crippen molar-refractivity contribution in [2.24, 2.45) is 0 Å². The third-order valence-corrected chi connectivity index (χ3v) is 4.16. The van der Waals surface area contributed by atoms with Crippen molar-refractivity contribution >= 4 is 18.2 Å². The SMILES string of the molecule is O=C(NCCCCC(OC(=O)N1CCOCC1)C(=O)O)OCc1ccccc1. The number of hydrogen-bond donors (Lipinski definition) is 2. The molecule has 2 amide bonds. The summed E-state index contributed by atoms with van der Waals surface area (Å²) in [5, 5.41) is 11.8. The largest absolute Gasteiger partial charge is 0.479 e. The molecule has 1 aromatic rings. The maximum absolute atomic E-state index is 12.0. The Morgan fingerprint density at radius 1 is 1.14 bits per heavy atom. The van der Waals surface area contributed by atoms with E-state index in [0.29, 0.717) is 45.7 Å². The number of benzene rings is 1. The summed E-state index contributed by atoms with van der Waals surface area (Å²) in [6.45, 7) is 2.14. The average Bonchev–Trinajstić information content (AvgIpc) is 2.72. The first-order valence-corrected chi connectivity index (χ1v) is 9.27. The minimum Gasteiger partial charge on any atom is -0.479 e. The van der Waals surface area contributed by atoms with E-state index in [4.69, 9.17) is 14.2 Å². The normalized spacial score (nSPS) is 14.8. The third-order valence-electron chi connectivity index (χ3n) is 4.16.